The van der Waals surface area contributed by atoms with E-state index in [1.807, 2.05) is 18.7 Å². The highest BCUT2D eigenvalue weighted by Crippen LogP contribution is 2.25. The van der Waals surface area contributed by atoms with Crippen LogP contribution >= 0.6 is 0 Å². The minimum Gasteiger partial charge on any atom is -0.352 e. The van der Waals surface area contributed by atoms with Crippen LogP contribution in [0.2, 0.25) is 0 Å². The molecule has 1 fully saturated rings. The Kier molecular flexibility index (Phi) is 4.11. The molecule has 1 unspecified atom stereocenters. The second-order valence-electron chi connectivity index (χ2n) is 5.56. The average Bonchev–Trinajstić information content (AvgIpc) is 2.93. The number of anilines is 1. The monoisotopic (exact) mass is 261 g/mol. The van der Waals surface area contributed by atoms with Crippen molar-refractivity contribution in [1.82, 2.24) is 15.1 Å². The van der Waals surface area contributed by atoms with Crippen molar-refractivity contribution in [1.29, 1.82) is 5.26 Å². The second kappa shape index (κ2) is 5.62. The number of aromatic nitrogens is 2. The van der Waals surface area contributed by atoms with Crippen molar-refractivity contribution >= 4 is 5.82 Å². The molecule has 1 aromatic heterocycles. The molecule has 19 heavy (non-hydrogen) atoms. The van der Waals surface area contributed by atoms with Crippen LogP contribution in [0.1, 0.15) is 37.9 Å². The largest absolute Gasteiger partial charge is 0.352 e. The van der Waals surface area contributed by atoms with E-state index in [2.05, 4.69) is 35.2 Å². The van der Waals surface area contributed by atoms with Gasteiger partial charge in [0.25, 0.3) is 0 Å². The van der Waals surface area contributed by atoms with Crippen LogP contribution in [0.5, 0.6) is 0 Å². The van der Waals surface area contributed by atoms with Gasteiger partial charge in [0.1, 0.15) is 17.5 Å². The van der Waals surface area contributed by atoms with Gasteiger partial charge in [-0.15, -0.1) is 0 Å². The first-order valence-electron chi connectivity index (χ1n) is 6.98. The Balaban J connectivity index is 2.31. The van der Waals surface area contributed by atoms with Crippen molar-refractivity contribution in [3.63, 3.8) is 0 Å². The molecule has 1 N–H and O–H groups in total. The molecule has 1 aromatic rings. The van der Waals surface area contributed by atoms with Gasteiger partial charge < -0.3 is 10.2 Å². The summed E-state index contributed by atoms with van der Waals surface area (Å²) in [6, 6.07) is 3.17. The van der Waals surface area contributed by atoms with Crippen LogP contribution in [0.3, 0.4) is 0 Å². The highest BCUT2D eigenvalue weighted by molar-refractivity contribution is 5.57. The maximum absolute atomic E-state index is 9.36. The third kappa shape index (κ3) is 2.74. The summed E-state index contributed by atoms with van der Waals surface area (Å²) in [5, 5.41) is 17.3. The normalized spacial score (nSPS) is 18.8. The van der Waals surface area contributed by atoms with Gasteiger partial charge in [-0.2, -0.15) is 10.4 Å². The number of nitriles is 1. The predicted octanol–water partition coefficient (Wildman–Crippen LogP) is 1.57. The first-order valence-corrected chi connectivity index (χ1v) is 6.98. The minimum absolute atomic E-state index is 0.351. The van der Waals surface area contributed by atoms with E-state index in [1.54, 1.807) is 0 Å². The van der Waals surface area contributed by atoms with E-state index in [0.717, 1.165) is 24.6 Å². The Morgan fingerprint density at radius 1 is 1.58 bits per heavy atom. The van der Waals surface area contributed by atoms with Gasteiger partial charge in [-0.1, -0.05) is 0 Å². The molecule has 5 nitrogen and oxygen atoms in total. The van der Waals surface area contributed by atoms with Crippen molar-refractivity contribution in [3.05, 3.63) is 11.3 Å². The molecule has 0 aliphatic carbocycles. The molecule has 2 rings (SSSR count). The number of nitrogens with zero attached hydrogens (tertiary/aromatic N) is 4. The van der Waals surface area contributed by atoms with Crippen LogP contribution in [0.25, 0.3) is 0 Å². The Hall–Kier alpha value is -1.54. The van der Waals surface area contributed by atoms with E-state index in [4.69, 9.17) is 0 Å². The van der Waals surface area contributed by atoms with Gasteiger partial charge in [-0.05, 0) is 40.2 Å². The Morgan fingerprint density at radius 3 is 2.84 bits per heavy atom. The summed E-state index contributed by atoms with van der Waals surface area (Å²) in [6.45, 7) is 8.27. The lowest BCUT2D eigenvalue weighted by Crippen LogP contribution is -2.42. The maximum atomic E-state index is 9.36. The molecular weight excluding hydrogens is 238 g/mol. The number of hydrogen-bond donors (Lipinski definition) is 1. The van der Waals surface area contributed by atoms with Crippen molar-refractivity contribution in [2.24, 2.45) is 7.05 Å². The minimum atomic E-state index is 0.351. The summed E-state index contributed by atoms with van der Waals surface area (Å²) in [5.74, 6) is 0.948. The fourth-order valence-corrected chi connectivity index (χ4v) is 2.80. The Morgan fingerprint density at radius 2 is 2.32 bits per heavy atom. The van der Waals surface area contributed by atoms with E-state index < -0.39 is 0 Å². The quantitative estimate of drug-likeness (QED) is 0.894. The van der Waals surface area contributed by atoms with Crippen LogP contribution in [-0.2, 0) is 7.05 Å². The third-order valence-corrected chi connectivity index (χ3v) is 3.78. The number of aryl methyl sites for hydroxylation is 2. The van der Waals surface area contributed by atoms with E-state index in [1.165, 1.54) is 12.8 Å². The van der Waals surface area contributed by atoms with Gasteiger partial charge in [0, 0.05) is 25.7 Å². The molecule has 0 amide bonds. The standard InChI is InChI=1S/C14H23N5/c1-10(2)19(9-12-6-5-7-16-12)14-13(8-15)11(3)17-18(14)4/h10,12,16H,5-7,9H2,1-4H3. The van der Waals surface area contributed by atoms with Crippen molar-refractivity contribution < 1.29 is 0 Å². The fraction of sp³-hybridized carbons (Fsp3) is 0.714. The lowest BCUT2D eigenvalue weighted by atomic mass is 10.1. The predicted molar refractivity (Wildman–Crippen MR) is 76.2 cm³/mol. The summed E-state index contributed by atoms with van der Waals surface area (Å²) < 4.78 is 1.84. The average molecular weight is 261 g/mol. The first-order chi connectivity index (χ1) is 9.04. The van der Waals surface area contributed by atoms with E-state index in [-0.39, 0.29) is 0 Å². The summed E-state index contributed by atoms with van der Waals surface area (Å²) >= 11 is 0. The maximum Gasteiger partial charge on any atom is 0.145 e. The SMILES string of the molecule is Cc1nn(C)c(N(CC2CCCN2)C(C)C)c1C#N. The zero-order chi connectivity index (χ0) is 14.0. The molecule has 1 atom stereocenters. The summed E-state index contributed by atoms with van der Waals surface area (Å²) in [4.78, 5) is 2.29. The molecular formula is C14H23N5. The number of nitrogens with one attached hydrogen (secondary N) is 1. The molecule has 5 heteroatoms. The molecule has 1 saturated heterocycles. The zero-order valence-corrected chi connectivity index (χ0v) is 12.3. The summed E-state index contributed by atoms with van der Waals surface area (Å²) in [6.07, 6.45) is 2.45. The first kappa shape index (κ1) is 13.9. The van der Waals surface area contributed by atoms with E-state index in [0.29, 0.717) is 17.6 Å². The van der Waals surface area contributed by atoms with Crippen molar-refractivity contribution in [2.75, 3.05) is 18.0 Å². The zero-order valence-electron chi connectivity index (χ0n) is 12.3. The Labute approximate surface area is 115 Å². The van der Waals surface area contributed by atoms with Crippen LogP contribution in [-0.4, -0.2) is 35.0 Å². The van der Waals surface area contributed by atoms with Gasteiger partial charge in [0.05, 0.1) is 5.69 Å². The van der Waals surface area contributed by atoms with Gasteiger partial charge in [-0.3, -0.25) is 4.68 Å². The highest BCUT2D eigenvalue weighted by Gasteiger charge is 2.25. The summed E-state index contributed by atoms with van der Waals surface area (Å²) in [5.41, 5.74) is 1.51. The Bertz CT molecular complexity index is 477. The molecule has 0 saturated carbocycles. The molecule has 1 aliphatic rings. The van der Waals surface area contributed by atoms with Crippen molar-refractivity contribution in [3.8, 4) is 6.07 Å². The summed E-state index contributed by atoms with van der Waals surface area (Å²) in [7, 11) is 1.92. The smallest absolute Gasteiger partial charge is 0.145 e. The molecule has 0 bridgehead atoms. The van der Waals surface area contributed by atoms with Crippen LogP contribution < -0.4 is 10.2 Å². The van der Waals surface area contributed by atoms with Crippen LogP contribution in [0, 0.1) is 18.3 Å². The van der Waals surface area contributed by atoms with E-state index >= 15 is 0 Å². The van der Waals surface area contributed by atoms with Crippen LogP contribution in [0.4, 0.5) is 5.82 Å². The fourth-order valence-electron chi connectivity index (χ4n) is 2.80. The number of hydrogen-bond acceptors (Lipinski definition) is 4. The third-order valence-electron chi connectivity index (χ3n) is 3.78. The number of rotatable bonds is 4. The second-order valence-corrected chi connectivity index (χ2v) is 5.56. The molecule has 0 aromatic carbocycles. The molecule has 1 aliphatic heterocycles. The van der Waals surface area contributed by atoms with Crippen molar-refractivity contribution in [2.45, 2.75) is 45.7 Å². The molecule has 2 heterocycles. The van der Waals surface area contributed by atoms with Gasteiger partial charge in [-0.25, -0.2) is 0 Å². The lowest BCUT2D eigenvalue weighted by molar-refractivity contribution is 0.539. The van der Waals surface area contributed by atoms with Crippen LogP contribution in [0.15, 0.2) is 0 Å². The topological polar surface area (TPSA) is 56.9 Å². The van der Waals surface area contributed by atoms with Gasteiger partial charge in [0.2, 0.25) is 0 Å². The molecule has 104 valence electrons. The molecule has 0 spiro atoms. The van der Waals surface area contributed by atoms with E-state index in [9.17, 15) is 5.26 Å². The van der Waals surface area contributed by atoms with Gasteiger partial charge >= 0.3 is 0 Å². The lowest BCUT2D eigenvalue weighted by Gasteiger charge is -2.31. The van der Waals surface area contributed by atoms with Gasteiger partial charge in [0.15, 0.2) is 0 Å². The highest BCUT2D eigenvalue weighted by atomic mass is 15.4. The molecule has 0 radical (unpaired) electrons.